The lowest BCUT2D eigenvalue weighted by Gasteiger charge is -2.17. The number of nitrogens with one attached hydrogen (secondary N) is 2. The Morgan fingerprint density at radius 3 is 1.73 bits per heavy atom. The molecule has 180 valence electrons. The highest BCUT2D eigenvalue weighted by Gasteiger charge is 2.13. The van der Waals surface area contributed by atoms with Crippen LogP contribution < -0.4 is 10.6 Å². The first-order valence-electron chi connectivity index (χ1n) is 13.3. The molecule has 0 saturated heterocycles. The summed E-state index contributed by atoms with van der Waals surface area (Å²) in [5.41, 5.74) is 0. The van der Waals surface area contributed by atoms with Gasteiger partial charge < -0.3 is 15.7 Å². The first kappa shape index (κ1) is 29.4. The molecule has 1 amide bonds. The van der Waals surface area contributed by atoms with E-state index in [-0.39, 0.29) is 12.5 Å². The smallest absolute Gasteiger partial charge is 0.220 e. The van der Waals surface area contributed by atoms with Gasteiger partial charge in [0, 0.05) is 19.5 Å². The third-order valence-electron chi connectivity index (χ3n) is 6.05. The van der Waals surface area contributed by atoms with E-state index in [0.29, 0.717) is 12.5 Å². The summed E-state index contributed by atoms with van der Waals surface area (Å²) in [5.74, 6) is 0.834. The number of amides is 1. The molecule has 0 aliphatic heterocycles. The molecule has 4 nitrogen and oxygen atoms in total. The van der Waals surface area contributed by atoms with Crippen LogP contribution in [-0.4, -0.2) is 37.3 Å². The molecule has 0 aromatic rings. The maximum atomic E-state index is 12.4. The third-order valence-corrected chi connectivity index (χ3v) is 6.05. The summed E-state index contributed by atoms with van der Waals surface area (Å²) in [5, 5.41) is 15.1. The molecule has 0 unspecified atom stereocenters. The first-order chi connectivity index (χ1) is 14.7. The van der Waals surface area contributed by atoms with Gasteiger partial charge in [0.25, 0.3) is 0 Å². The molecule has 0 rings (SSSR count). The van der Waals surface area contributed by atoms with Gasteiger partial charge in [0.1, 0.15) is 0 Å². The predicted octanol–water partition coefficient (Wildman–Crippen LogP) is 6.36. The molecule has 0 radical (unpaired) electrons. The van der Waals surface area contributed by atoms with Gasteiger partial charge in [-0.25, -0.2) is 0 Å². The van der Waals surface area contributed by atoms with Crippen molar-refractivity contribution in [2.75, 3.05) is 26.2 Å². The molecule has 0 aromatic carbocycles. The van der Waals surface area contributed by atoms with Crippen LogP contribution >= 0.6 is 0 Å². The van der Waals surface area contributed by atoms with Crippen molar-refractivity contribution in [1.29, 1.82) is 0 Å². The van der Waals surface area contributed by atoms with Crippen molar-refractivity contribution in [3.8, 4) is 0 Å². The number of unbranched alkanes of at least 4 members (excludes halogenated alkanes) is 12. The van der Waals surface area contributed by atoms with Crippen molar-refractivity contribution in [2.45, 2.75) is 129 Å². The van der Waals surface area contributed by atoms with Crippen LogP contribution in [0.2, 0.25) is 0 Å². The van der Waals surface area contributed by atoms with Crippen LogP contribution in [0, 0.1) is 5.92 Å². The van der Waals surface area contributed by atoms with Crippen molar-refractivity contribution in [1.82, 2.24) is 10.6 Å². The Morgan fingerprint density at radius 1 is 0.667 bits per heavy atom. The minimum Gasteiger partial charge on any atom is -0.395 e. The molecule has 0 aliphatic rings. The fourth-order valence-corrected chi connectivity index (χ4v) is 4.09. The Labute approximate surface area is 188 Å². The second-order valence-corrected chi connectivity index (χ2v) is 9.07. The molecule has 0 spiro atoms. The van der Waals surface area contributed by atoms with Crippen LogP contribution in [0.4, 0.5) is 0 Å². The summed E-state index contributed by atoms with van der Waals surface area (Å²) in [6.07, 6.45) is 22.5. The largest absolute Gasteiger partial charge is 0.395 e. The summed E-state index contributed by atoms with van der Waals surface area (Å²) >= 11 is 0. The SMILES string of the molecule is CCCCCCCCC(CCCCCCCC)CC(=O)NCCCCCNCCO. The van der Waals surface area contributed by atoms with E-state index in [9.17, 15) is 4.79 Å². The van der Waals surface area contributed by atoms with Crippen molar-refractivity contribution >= 4 is 5.91 Å². The van der Waals surface area contributed by atoms with Gasteiger partial charge in [0.15, 0.2) is 0 Å². The molecule has 0 fully saturated rings. The minimum atomic E-state index is 0.203. The Hall–Kier alpha value is -0.610. The maximum Gasteiger partial charge on any atom is 0.220 e. The van der Waals surface area contributed by atoms with E-state index in [0.717, 1.165) is 38.8 Å². The summed E-state index contributed by atoms with van der Waals surface area (Å²) < 4.78 is 0. The van der Waals surface area contributed by atoms with Crippen molar-refractivity contribution in [3.63, 3.8) is 0 Å². The molecule has 0 heterocycles. The standard InChI is InChI=1S/C26H54N2O2/c1-3-5-7-9-11-14-18-25(19-15-12-10-8-6-4-2)24-26(30)28-21-17-13-16-20-27-22-23-29/h25,27,29H,3-24H2,1-2H3,(H,28,30). The number of aliphatic hydroxyl groups is 1. The summed E-state index contributed by atoms with van der Waals surface area (Å²) in [6.45, 7) is 7.17. The molecule has 4 heteroatoms. The predicted molar refractivity (Wildman–Crippen MR) is 131 cm³/mol. The lowest BCUT2D eigenvalue weighted by atomic mass is 9.91. The molecular weight excluding hydrogens is 372 g/mol. The Morgan fingerprint density at radius 2 is 1.17 bits per heavy atom. The highest BCUT2D eigenvalue weighted by atomic mass is 16.3. The van der Waals surface area contributed by atoms with Crippen molar-refractivity contribution in [3.05, 3.63) is 0 Å². The monoisotopic (exact) mass is 426 g/mol. The second kappa shape index (κ2) is 24.7. The van der Waals surface area contributed by atoms with Gasteiger partial charge in [-0.2, -0.15) is 0 Å². The topological polar surface area (TPSA) is 61.4 Å². The first-order valence-corrected chi connectivity index (χ1v) is 13.3. The normalized spacial score (nSPS) is 11.3. The van der Waals surface area contributed by atoms with E-state index in [1.54, 1.807) is 0 Å². The van der Waals surface area contributed by atoms with E-state index >= 15 is 0 Å². The van der Waals surface area contributed by atoms with Gasteiger partial charge in [0.2, 0.25) is 5.91 Å². The highest BCUT2D eigenvalue weighted by Crippen LogP contribution is 2.22. The van der Waals surface area contributed by atoms with E-state index < -0.39 is 0 Å². The zero-order valence-corrected chi connectivity index (χ0v) is 20.5. The van der Waals surface area contributed by atoms with Gasteiger partial charge in [0.05, 0.1) is 6.61 Å². The second-order valence-electron chi connectivity index (χ2n) is 9.07. The van der Waals surface area contributed by atoms with Gasteiger partial charge in [-0.05, 0) is 38.1 Å². The van der Waals surface area contributed by atoms with Crippen LogP contribution in [-0.2, 0) is 4.79 Å². The average Bonchev–Trinajstić information content (AvgIpc) is 2.74. The third kappa shape index (κ3) is 22.1. The van der Waals surface area contributed by atoms with E-state index in [1.807, 2.05) is 0 Å². The van der Waals surface area contributed by atoms with Crippen LogP contribution in [0.1, 0.15) is 129 Å². The number of rotatable bonds is 24. The number of hydrogen-bond acceptors (Lipinski definition) is 3. The minimum absolute atomic E-state index is 0.203. The summed E-state index contributed by atoms with van der Waals surface area (Å²) in [4.78, 5) is 12.4. The molecule has 0 saturated carbocycles. The lowest BCUT2D eigenvalue weighted by molar-refractivity contribution is -0.122. The quantitative estimate of drug-likeness (QED) is 0.157. The Balaban J connectivity index is 3.96. The number of carbonyl (C=O) groups excluding carboxylic acids is 1. The van der Waals surface area contributed by atoms with Crippen LogP contribution in [0.3, 0.4) is 0 Å². The molecule has 30 heavy (non-hydrogen) atoms. The number of carbonyl (C=O) groups is 1. The van der Waals surface area contributed by atoms with Crippen LogP contribution in [0.5, 0.6) is 0 Å². The van der Waals surface area contributed by atoms with E-state index in [1.165, 1.54) is 89.9 Å². The average molecular weight is 427 g/mol. The fourth-order valence-electron chi connectivity index (χ4n) is 4.09. The lowest BCUT2D eigenvalue weighted by Crippen LogP contribution is -2.27. The molecule has 0 atom stereocenters. The Bertz CT molecular complexity index is 334. The van der Waals surface area contributed by atoms with Crippen LogP contribution in [0.15, 0.2) is 0 Å². The number of hydrogen-bond donors (Lipinski definition) is 3. The molecule has 0 aromatic heterocycles. The highest BCUT2D eigenvalue weighted by molar-refractivity contribution is 5.76. The summed E-state index contributed by atoms with van der Waals surface area (Å²) in [6, 6.07) is 0. The van der Waals surface area contributed by atoms with Crippen molar-refractivity contribution < 1.29 is 9.90 Å². The van der Waals surface area contributed by atoms with Gasteiger partial charge in [-0.15, -0.1) is 0 Å². The summed E-state index contributed by atoms with van der Waals surface area (Å²) in [7, 11) is 0. The van der Waals surface area contributed by atoms with E-state index in [4.69, 9.17) is 5.11 Å². The van der Waals surface area contributed by atoms with Crippen molar-refractivity contribution in [2.24, 2.45) is 5.92 Å². The Kier molecular flexibility index (Phi) is 24.2. The van der Waals surface area contributed by atoms with Gasteiger partial charge in [-0.1, -0.05) is 97.3 Å². The van der Waals surface area contributed by atoms with Gasteiger partial charge in [-0.3, -0.25) is 4.79 Å². The molecule has 3 N–H and O–H groups in total. The zero-order chi connectivity index (χ0) is 22.1. The zero-order valence-electron chi connectivity index (χ0n) is 20.5. The van der Waals surface area contributed by atoms with Gasteiger partial charge >= 0.3 is 0 Å². The number of aliphatic hydroxyl groups excluding tert-OH is 1. The maximum absolute atomic E-state index is 12.4. The fraction of sp³-hybridized carbons (Fsp3) is 0.962. The van der Waals surface area contributed by atoms with E-state index in [2.05, 4.69) is 24.5 Å². The van der Waals surface area contributed by atoms with Crippen LogP contribution in [0.25, 0.3) is 0 Å². The molecule has 0 bridgehead atoms. The molecule has 0 aliphatic carbocycles. The molecular formula is C26H54N2O2.